The number of benzene rings is 2. The molecule has 0 spiro atoms. The summed E-state index contributed by atoms with van der Waals surface area (Å²) in [6.07, 6.45) is 0. The van der Waals surface area contributed by atoms with Gasteiger partial charge in [-0.3, -0.25) is 0 Å². The minimum atomic E-state index is -0.345. The number of hydrogen-bond acceptors (Lipinski definition) is 1. The van der Waals surface area contributed by atoms with E-state index in [2.05, 4.69) is 15.9 Å². The number of ether oxygens (including phenoxy) is 1. The fourth-order valence-electron chi connectivity index (χ4n) is 1.70. The highest BCUT2D eigenvalue weighted by Gasteiger charge is 2.06. The SMILES string of the molecule is Cc1ccc(F)c(Oc2ccc(CBr)c(C)c2)c1. The average molecular weight is 309 g/mol. The highest BCUT2D eigenvalue weighted by atomic mass is 79.9. The summed E-state index contributed by atoms with van der Waals surface area (Å²) in [4.78, 5) is 0. The van der Waals surface area contributed by atoms with Gasteiger partial charge in [0, 0.05) is 5.33 Å². The molecule has 2 aromatic rings. The summed E-state index contributed by atoms with van der Waals surface area (Å²) in [5.41, 5.74) is 3.30. The predicted molar refractivity (Wildman–Crippen MR) is 75.0 cm³/mol. The zero-order chi connectivity index (χ0) is 13.1. The Kier molecular flexibility index (Phi) is 4.02. The van der Waals surface area contributed by atoms with E-state index >= 15 is 0 Å². The van der Waals surface area contributed by atoms with Gasteiger partial charge in [0.15, 0.2) is 11.6 Å². The summed E-state index contributed by atoms with van der Waals surface area (Å²) in [6.45, 7) is 3.92. The molecule has 0 bridgehead atoms. The van der Waals surface area contributed by atoms with Crippen molar-refractivity contribution in [3.63, 3.8) is 0 Å². The lowest BCUT2D eigenvalue weighted by atomic mass is 10.1. The van der Waals surface area contributed by atoms with Crippen molar-refractivity contribution in [2.24, 2.45) is 0 Å². The monoisotopic (exact) mass is 308 g/mol. The molecule has 0 atom stereocenters. The number of aryl methyl sites for hydroxylation is 2. The molecule has 0 saturated carbocycles. The molecule has 0 heterocycles. The van der Waals surface area contributed by atoms with E-state index in [1.165, 1.54) is 11.6 Å². The van der Waals surface area contributed by atoms with Crippen LogP contribution in [0.25, 0.3) is 0 Å². The Bertz CT molecular complexity index is 566. The van der Waals surface area contributed by atoms with Crippen LogP contribution < -0.4 is 4.74 Å². The Morgan fingerprint density at radius 1 is 1.11 bits per heavy atom. The zero-order valence-electron chi connectivity index (χ0n) is 10.3. The van der Waals surface area contributed by atoms with Gasteiger partial charge in [-0.15, -0.1) is 0 Å². The lowest BCUT2D eigenvalue weighted by molar-refractivity contribution is 0.441. The quantitative estimate of drug-likeness (QED) is 0.714. The van der Waals surface area contributed by atoms with Crippen molar-refractivity contribution in [1.82, 2.24) is 0 Å². The summed E-state index contributed by atoms with van der Waals surface area (Å²) in [6, 6.07) is 10.6. The largest absolute Gasteiger partial charge is 0.454 e. The number of halogens is 2. The molecule has 0 aliphatic carbocycles. The first kappa shape index (κ1) is 13.1. The van der Waals surface area contributed by atoms with Gasteiger partial charge in [0.05, 0.1) is 0 Å². The van der Waals surface area contributed by atoms with Crippen molar-refractivity contribution in [2.75, 3.05) is 0 Å². The maximum absolute atomic E-state index is 13.6. The van der Waals surface area contributed by atoms with E-state index in [1.54, 1.807) is 12.1 Å². The molecule has 18 heavy (non-hydrogen) atoms. The fourth-order valence-corrected chi connectivity index (χ4v) is 2.33. The summed E-state index contributed by atoms with van der Waals surface area (Å²) >= 11 is 3.42. The van der Waals surface area contributed by atoms with Crippen LogP contribution in [0.1, 0.15) is 16.7 Å². The summed E-state index contributed by atoms with van der Waals surface area (Å²) < 4.78 is 19.1. The van der Waals surface area contributed by atoms with Gasteiger partial charge in [-0.05, 0) is 54.8 Å². The first-order valence-electron chi connectivity index (χ1n) is 5.69. The number of alkyl halides is 1. The lowest BCUT2D eigenvalue weighted by Gasteiger charge is -2.10. The van der Waals surface area contributed by atoms with Gasteiger partial charge >= 0.3 is 0 Å². The predicted octanol–water partition coefficient (Wildman–Crippen LogP) is 5.13. The van der Waals surface area contributed by atoms with Gasteiger partial charge in [0.2, 0.25) is 0 Å². The topological polar surface area (TPSA) is 9.23 Å². The first-order valence-corrected chi connectivity index (χ1v) is 6.82. The van der Waals surface area contributed by atoms with Crippen molar-refractivity contribution in [3.05, 3.63) is 58.9 Å². The highest BCUT2D eigenvalue weighted by molar-refractivity contribution is 9.08. The molecule has 2 aromatic carbocycles. The lowest BCUT2D eigenvalue weighted by Crippen LogP contribution is -1.91. The van der Waals surface area contributed by atoms with Crippen molar-refractivity contribution in [2.45, 2.75) is 19.2 Å². The Labute approximate surface area is 115 Å². The van der Waals surface area contributed by atoms with Crippen LogP contribution in [-0.4, -0.2) is 0 Å². The van der Waals surface area contributed by atoms with E-state index < -0.39 is 0 Å². The molecule has 0 saturated heterocycles. The molecule has 0 aliphatic heterocycles. The maximum Gasteiger partial charge on any atom is 0.165 e. The van der Waals surface area contributed by atoms with Crippen molar-refractivity contribution < 1.29 is 9.13 Å². The number of hydrogen-bond donors (Lipinski definition) is 0. The second kappa shape index (κ2) is 5.53. The minimum absolute atomic E-state index is 0.265. The third kappa shape index (κ3) is 2.91. The van der Waals surface area contributed by atoms with Crippen LogP contribution in [0, 0.1) is 19.7 Å². The van der Waals surface area contributed by atoms with Gasteiger partial charge in [-0.1, -0.05) is 28.1 Å². The van der Waals surface area contributed by atoms with E-state index in [0.29, 0.717) is 5.75 Å². The Morgan fingerprint density at radius 2 is 1.89 bits per heavy atom. The standard InChI is InChI=1S/C15H14BrFO/c1-10-3-6-14(17)15(7-10)18-13-5-4-12(9-16)11(2)8-13/h3-8H,9H2,1-2H3. The van der Waals surface area contributed by atoms with Crippen molar-refractivity contribution >= 4 is 15.9 Å². The molecule has 0 N–H and O–H groups in total. The molecular formula is C15H14BrFO. The zero-order valence-corrected chi connectivity index (χ0v) is 11.9. The molecule has 0 fully saturated rings. The molecule has 0 aliphatic rings. The molecule has 1 nitrogen and oxygen atoms in total. The molecular weight excluding hydrogens is 295 g/mol. The van der Waals surface area contributed by atoms with E-state index in [-0.39, 0.29) is 11.6 Å². The maximum atomic E-state index is 13.6. The molecule has 94 valence electrons. The van der Waals surface area contributed by atoms with Crippen LogP contribution in [0.4, 0.5) is 4.39 Å². The normalized spacial score (nSPS) is 10.4. The van der Waals surface area contributed by atoms with Crippen molar-refractivity contribution in [1.29, 1.82) is 0 Å². The Hall–Kier alpha value is -1.35. The highest BCUT2D eigenvalue weighted by Crippen LogP contribution is 2.27. The third-order valence-electron chi connectivity index (χ3n) is 2.77. The van der Waals surface area contributed by atoms with Crippen LogP contribution in [-0.2, 0) is 5.33 Å². The number of rotatable bonds is 3. The smallest absolute Gasteiger partial charge is 0.165 e. The summed E-state index contributed by atoms with van der Waals surface area (Å²) in [5.74, 6) is 0.575. The summed E-state index contributed by atoms with van der Waals surface area (Å²) in [7, 11) is 0. The van der Waals surface area contributed by atoms with Crippen LogP contribution in [0.15, 0.2) is 36.4 Å². The first-order chi connectivity index (χ1) is 8.60. The van der Waals surface area contributed by atoms with Gasteiger partial charge in [-0.25, -0.2) is 4.39 Å². The molecule has 0 aromatic heterocycles. The third-order valence-corrected chi connectivity index (χ3v) is 3.38. The van der Waals surface area contributed by atoms with E-state index in [0.717, 1.165) is 16.5 Å². The van der Waals surface area contributed by atoms with Crippen LogP contribution in [0.3, 0.4) is 0 Å². The fraction of sp³-hybridized carbons (Fsp3) is 0.200. The van der Waals surface area contributed by atoms with E-state index in [9.17, 15) is 4.39 Å². The van der Waals surface area contributed by atoms with Gasteiger partial charge < -0.3 is 4.74 Å². The Balaban J connectivity index is 2.28. The van der Waals surface area contributed by atoms with Gasteiger partial charge in [0.1, 0.15) is 5.75 Å². The summed E-state index contributed by atoms with van der Waals surface area (Å²) in [5, 5.41) is 0.803. The minimum Gasteiger partial charge on any atom is -0.454 e. The van der Waals surface area contributed by atoms with Crippen molar-refractivity contribution in [3.8, 4) is 11.5 Å². The van der Waals surface area contributed by atoms with Crippen LogP contribution in [0.2, 0.25) is 0 Å². The van der Waals surface area contributed by atoms with Crippen LogP contribution >= 0.6 is 15.9 Å². The van der Waals surface area contributed by atoms with Gasteiger partial charge in [-0.2, -0.15) is 0 Å². The van der Waals surface area contributed by atoms with E-state index in [1.807, 2.05) is 32.0 Å². The van der Waals surface area contributed by atoms with Crippen LogP contribution in [0.5, 0.6) is 11.5 Å². The second-order valence-corrected chi connectivity index (χ2v) is 4.82. The Morgan fingerprint density at radius 3 is 2.56 bits per heavy atom. The van der Waals surface area contributed by atoms with Gasteiger partial charge in [0.25, 0.3) is 0 Å². The molecule has 0 radical (unpaired) electrons. The molecule has 3 heteroatoms. The average Bonchev–Trinajstić information content (AvgIpc) is 2.34. The second-order valence-electron chi connectivity index (χ2n) is 4.26. The molecule has 0 unspecified atom stereocenters. The van der Waals surface area contributed by atoms with E-state index in [4.69, 9.17) is 4.74 Å². The molecule has 0 amide bonds. The molecule has 2 rings (SSSR count).